The second-order valence-electron chi connectivity index (χ2n) is 7.50. The van der Waals surface area contributed by atoms with E-state index >= 15 is 0 Å². The Morgan fingerprint density at radius 1 is 1.25 bits per heavy atom. The Bertz CT molecular complexity index is 995. The number of nitrogens with zero attached hydrogens (tertiary/aromatic N) is 5. The second-order valence-corrected chi connectivity index (χ2v) is 7.50. The lowest BCUT2D eigenvalue weighted by Crippen LogP contribution is -2.33. The summed E-state index contributed by atoms with van der Waals surface area (Å²) < 4.78 is 5.54. The number of aromatic nitrogens is 4. The molecule has 0 radical (unpaired) electrons. The maximum atomic E-state index is 13.3. The SMILES string of the molecule is CN1CCc2[nH]nc(C(=O)N3CCCC3c3nc(-c4ccccc4)no3)c2C1. The number of hydrogen-bond donors (Lipinski definition) is 1. The summed E-state index contributed by atoms with van der Waals surface area (Å²) in [6, 6.07) is 9.51. The molecule has 8 nitrogen and oxygen atoms in total. The van der Waals surface area contributed by atoms with Crippen LogP contribution in [0.15, 0.2) is 34.9 Å². The normalized spacial score (nSPS) is 19.8. The topological polar surface area (TPSA) is 91.2 Å². The molecule has 4 heterocycles. The first-order chi connectivity index (χ1) is 13.7. The van der Waals surface area contributed by atoms with Gasteiger partial charge in [0.05, 0.1) is 0 Å². The third-order valence-electron chi connectivity index (χ3n) is 5.60. The molecule has 2 aliphatic rings. The van der Waals surface area contributed by atoms with Gasteiger partial charge in [-0.3, -0.25) is 9.89 Å². The standard InChI is InChI=1S/C20H22N6O2/c1-25-11-9-15-14(12-25)17(23-22-15)20(27)26-10-5-8-16(26)19-21-18(24-28-19)13-6-3-2-4-7-13/h2-4,6-7,16H,5,8-12H2,1H3,(H,22,23). The number of carbonyl (C=O) groups excluding carboxylic acids is 1. The van der Waals surface area contributed by atoms with Crippen LogP contribution >= 0.6 is 0 Å². The molecule has 0 aliphatic carbocycles. The van der Waals surface area contributed by atoms with E-state index in [9.17, 15) is 4.79 Å². The summed E-state index contributed by atoms with van der Waals surface area (Å²) in [5, 5.41) is 11.5. The molecule has 1 amide bonds. The number of likely N-dealkylation sites (tertiary alicyclic amines) is 1. The van der Waals surface area contributed by atoms with Gasteiger partial charge in [0.1, 0.15) is 6.04 Å². The third kappa shape index (κ3) is 2.90. The van der Waals surface area contributed by atoms with Crippen LogP contribution in [0, 0.1) is 0 Å². The van der Waals surface area contributed by atoms with Crippen molar-refractivity contribution < 1.29 is 9.32 Å². The van der Waals surface area contributed by atoms with Gasteiger partial charge in [-0.25, -0.2) is 0 Å². The lowest BCUT2D eigenvalue weighted by molar-refractivity contribution is 0.0701. The van der Waals surface area contributed by atoms with E-state index in [0.717, 1.165) is 49.2 Å². The summed E-state index contributed by atoms with van der Waals surface area (Å²) in [6.07, 6.45) is 2.61. The fourth-order valence-corrected chi connectivity index (χ4v) is 4.08. The molecular weight excluding hydrogens is 356 g/mol. The van der Waals surface area contributed by atoms with E-state index < -0.39 is 0 Å². The van der Waals surface area contributed by atoms with Crippen LogP contribution in [0.1, 0.15) is 46.5 Å². The van der Waals surface area contributed by atoms with Crippen molar-refractivity contribution in [3.8, 4) is 11.4 Å². The zero-order chi connectivity index (χ0) is 19.1. The maximum absolute atomic E-state index is 13.3. The molecule has 1 N–H and O–H groups in total. The maximum Gasteiger partial charge on any atom is 0.275 e. The van der Waals surface area contributed by atoms with Crippen LogP contribution in [0.2, 0.25) is 0 Å². The first-order valence-electron chi connectivity index (χ1n) is 9.65. The van der Waals surface area contributed by atoms with Gasteiger partial charge in [-0.2, -0.15) is 10.1 Å². The van der Waals surface area contributed by atoms with Gasteiger partial charge >= 0.3 is 0 Å². The average Bonchev–Trinajstić information content (AvgIpc) is 3.46. The molecule has 1 saturated heterocycles. The number of carbonyl (C=O) groups is 1. The Balaban J connectivity index is 1.41. The van der Waals surface area contributed by atoms with E-state index in [2.05, 4.69) is 32.3 Å². The third-order valence-corrected chi connectivity index (χ3v) is 5.60. The Morgan fingerprint density at radius 2 is 2.11 bits per heavy atom. The van der Waals surface area contributed by atoms with Gasteiger partial charge in [0.15, 0.2) is 5.69 Å². The van der Waals surface area contributed by atoms with Crippen molar-refractivity contribution in [2.45, 2.75) is 31.8 Å². The van der Waals surface area contributed by atoms with E-state index in [1.54, 1.807) is 0 Å². The molecule has 1 unspecified atom stereocenters. The van der Waals surface area contributed by atoms with Crippen molar-refractivity contribution in [2.24, 2.45) is 0 Å². The van der Waals surface area contributed by atoms with Gasteiger partial charge in [-0.05, 0) is 19.9 Å². The van der Waals surface area contributed by atoms with Crippen molar-refractivity contribution in [2.75, 3.05) is 20.1 Å². The van der Waals surface area contributed by atoms with Crippen LogP contribution in [0.3, 0.4) is 0 Å². The molecule has 0 bridgehead atoms. The smallest absolute Gasteiger partial charge is 0.275 e. The monoisotopic (exact) mass is 378 g/mol. The number of benzene rings is 1. The Labute approximate surface area is 162 Å². The first kappa shape index (κ1) is 17.1. The van der Waals surface area contributed by atoms with E-state index in [0.29, 0.717) is 24.0 Å². The number of likely N-dealkylation sites (N-methyl/N-ethyl adjacent to an activating group) is 1. The molecule has 8 heteroatoms. The van der Waals surface area contributed by atoms with E-state index in [-0.39, 0.29) is 11.9 Å². The molecule has 0 spiro atoms. The molecular formula is C20H22N6O2. The largest absolute Gasteiger partial charge is 0.337 e. The Kier molecular flexibility index (Phi) is 4.20. The molecule has 144 valence electrons. The number of aromatic amines is 1. The highest BCUT2D eigenvalue weighted by molar-refractivity contribution is 5.94. The Hall–Kier alpha value is -3.00. The lowest BCUT2D eigenvalue weighted by Gasteiger charge is -2.24. The van der Waals surface area contributed by atoms with Crippen LogP contribution in [0.25, 0.3) is 11.4 Å². The lowest BCUT2D eigenvalue weighted by atomic mass is 10.1. The van der Waals surface area contributed by atoms with Crippen molar-refractivity contribution in [1.29, 1.82) is 0 Å². The van der Waals surface area contributed by atoms with Crippen LogP contribution < -0.4 is 0 Å². The van der Waals surface area contributed by atoms with Crippen LogP contribution in [-0.2, 0) is 13.0 Å². The minimum atomic E-state index is -0.203. The summed E-state index contributed by atoms with van der Waals surface area (Å²) in [4.78, 5) is 21.9. The number of rotatable bonds is 3. The van der Waals surface area contributed by atoms with E-state index in [1.165, 1.54) is 0 Å². The van der Waals surface area contributed by atoms with Gasteiger partial charge < -0.3 is 14.3 Å². The number of fused-ring (bicyclic) bond motifs is 1. The zero-order valence-electron chi connectivity index (χ0n) is 15.8. The highest BCUT2D eigenvalue weighted by atomic mass is 16.5. The molecule has 2 aromatic heterocycles. The van der Waals surface area contributed by atoms with Crippen molar-refractivity contribution in [3.63, 3.8) is 0 Å². The van der Waals surface area contributed by atoms with Crippen LogP contribution in [-0.4, -0.2) is 56.2 Å². The predicted octanol–water partition coefficient (Wildman–Crippen LogP) is 2.42. The van der Waals surface area contributed by atoms with Gasteiger partial charge in [-0.15, -0.1) is 0 Å². The number of amides is 1. The van der Waals surface area contributed by atoms with Crippen LogP contribution in [0.4, 0.5) is 0 Å². The van der Waals surface area contributed by atoms with Crippen molar-refractivity contribution in [1.82, 2.24) is 30.1 Å². The molecule has 28 heavy (non-hydrogen) atoms. The highest BCUT2D eigenvalue weighted by Crippen LogP contribution is 2.34. The number of hydrogen-bond acceptors (Lipinski definition) is 6. The average molecular weight is 378 g/mol. The molecule has 2 aliphatic heterocycles. The predicted molar refractivity (Wildman–Crippen MR) is 101 cm³/mol. The highest BCUT2D eigenvalue weighted by Gasteiger charge is 2.37. The van der Waals surface area contributed by atoms with Crippen molar-refractivity contribution >= 4 is 5.91 Å². The Morgan fingerprint density at radius 3 is 2.96 bits per heavy atom. The fraction of sp³-hybridized carbons (Fsp3) is 0.400. The van der Waals surface area contributed by atoms with Crippen LogP contribution in [0.5, 0.6) is 0 Å². The molecule has 1 atom stereocenters. The van der Waals surface area contributed by atoms with Crippen molar-refractivity contribution in [3.05, 3.63) is 53.2 Å². The summed E-state index contributed by atoms with van der Waals surface area (Å²) >= 11 is 0. The number of H-pyrrole nitrogens is 1. The zero-order valence-corrected chi connectivity index (χ0v) is 15.8. The van der Waals surface area contributed by atoms with Gasteiger partial charge in [-0.1, -0.05) is 35.5 Å². The minimum absolute atomic E-state index is 0.0604. The molecule has 0 saturated carbocycles. The van der Waals surface area contributed by atoms with Gasteiger partial charge in [0.2, 0.25) is 11.7 Å². The van der Waals surface area contributed by atoms with Gasteiger partial charge in [0, 0.05) is 42.9 Å². The minimum Gasteiger partial charge on any atom is -0.337 e. The second kappa shape index (κ2) is 6.87. The molecule has 1 fully saturated rings. The fourth-order valence-electron chi connectivity index (χ4n) is 4.08. The first-order valence-corrected chi connectivity index (χ1v) is 9.65. The summed E-state index contributed by atoms with van der Waals surface area (Å²) in [5.41, 5.74) is 3.51. The summed E-state index contributed by atoms with van der Waals surface area (Å²) in [5.74, 6) is 0.981. The molecule has 3 aromatic rings. The van der Waals surface area contributed by atoms with E-state index in [1.807, 2.05) is 35.2 Å². The summed E-state index contributed by atoms with van der Waals surface area (Å²) in [6.45, 7) is 2.38. The van der Waals surface area contributed by atoms with Gasteiger partial charge in [0.25, 0.3) is 5.91 Å². The molecule has 1 aromatic carbocycles. The molecule has 5 rings (SSSR count). The summed E-state index contributed by atoms with van der Waals surface area (Å²) in [7, 11) is 2.06. The van der Waals surface area contributed by atoms with E-state index in [4.69, 9.17) is 4.52 Å². The quantitative estimate of drug-likeness (QED) is 0.753. The number of nitrogens with one attached hydrogen (secondary N) is 1.